The molecule has 8 nitrogen and oxygen atoms in total. The highest BCUT2D eigenvalue weighted by Crippen LogP contribution is 2.47. The number of methoxy groups -OCH3 is 1. The maximum atomic E-state index is 11.7. The summed E-state index contributed by atoms with van der Waals surface area (Å²) in [5, 5.41) is 0. The summed E-state index contributed by atoms with van der Waals surface area (Å²) in [7, 11) is -1.43. The van der Waals surface area contributed by atoms with E-state index in [4.69, 9.17) is 14.0 Å². The van der Waals surface area contributed by atoms with Crippen LogP contribution in [0.15, 0.2) is 24.5 Å². The van der Waals surface area contributed by atoms with E-state index in [1.54, 1.807) is 13.4 Å². The van der Waals surface area contributed by atoms with Gasteiger partial charge in [-0.15, -0.1) is 0 Å². The third-order valence-electron chi connectivity index (χ3n) is 4.13. The molecular formula is C15H21N2O6P. The fourth-order valence-electron chi connectivity index (χ4n) is 2.94. The van der Waals surface area contributed by atoms with Gasteiger partial charge in [-0.2, -0.15) is 0 Å². The van der Waals surface area contributed by atoms with Crippen LogP contribution in [-0.4, -0.2) is 47.5 Å². The molecule has 2 aromatic rings. The molecule has 1 saturated heterocycles. The summed E-state index contributed by atoms with van der Waals surface area (Å²) in [6, 6.07) is 5.91. The van der Waals surface area contributed by atoms with Crippen molar-refractivity contribution >= 4 is 18.9 Å². The molecule has 132 valence electrons. The molecule has 9 heteroatoms. The first-order chi connectivity index (χ1) is 11.4. The first-order valence-electron chi connectivity index (χ1n) is 7.58. The van der Waals surface area contributed by atoms with Crippen LogP contribution in [0.2, 0.25) is 0 Å². The molecule has 0 aliphatic carbocycles. The van der Waals surface area contributed by atoms with Crippen LogP contribution in [0.25, 0.3) is 11.0 Å². The number of phosphoric acid groups is 1. The minimum atomic E-state index is -4.10. The molecule has 1 aromatic heterocycles. The quantitative estimate of drug-likeness (QED) is 0.795. The highest BCUT2D eigenvalue weighted by Gasteiger charge is 2.41. The Morgan fingerprint density at radius 3 is 2.96 bits per heavy atom. The van der Waals surface area contributed by atoms with Crippen LogP contribution in [0.1, 0.15) is 18.2 Å². The van der Waals surface area contributed by atoms with E-state index in [9.17, 15) is 9.46 Å². The van der Waals surface area contributed by atoms with Crippen LogP contribution < -0.4 is 0 Å². The van der Waals surface area contributed by atoms with Crippen molar-refractivity contribution < 1.29 is 28.0 Å². The van der Waals surface area contributed by atoms with Crippen LogP contribution in [0.3, 0.4) is 0 Å². The molecule has 3 rings (SSSR count). The number of aryl methyl sites for hydroxylation is 1. The van der Waals surface area contributed by atoms with Gasteiger partial charge in [-0.1, -0.05) is 12.1 Å². The third kappa shape index (κ3) is 3.39. The molecule has 0 bridgehead atoms. The second-order valence-corrected chi connectivity index (χ2v) is 7.22. The molecule has 1 aromatic carbocycles. The van der Waals surface area contributed by atoms with Gasteiger partial charge in [0.05, 0.1) is 24.0 Å². The average Bonchev–Trinajstić information content (AvgIpc) is 3.13. The number of aromatic nitrogens is 2. The predicted octanol–water partition coefficient (Wildman–Crippen LogP) is 2.41. The first-order valence-corrected chi connectivity index (χ1v) is 9.08. The molecule has 0 saturated carbocycles. The zero-order chi connectivity index (χ0) is 17.3. The molecule has 1 aliphatic rings. The number of para-hydroxylation sites is 1. The lowest BCUT2D eigenvalue weighted by atomic mass is 10.2. The Labute approximate surface area is 139 Å². The SMILES string of the molecule is COC[C@H]1O[C@@H](n2cnc3c(C)cccc32)CC1OP(=O)(O)OC. The number of phosphoric ester groups is 1. The van der Waals surface area contributed by atoms with Crippen LogP contribution >= 0.6 is 7.82 Å². The van der Waals surface area contributed by atoms with Gasteiger partial charge in [0.2, 0.25) is 0 Å². The Morgan fingerprint density at radius 2 is 2.25 bits per heavy atom. The van der Waals surface area contributed by atoms with Crippen LogP contribution in [0.4, 0.5) is 0 Å². The molecule has 1 fully saturated rings. The molecule has 0 spiro atoms. The van der Waals surface area contributed by atoms with Gasteiger partial charge in [0.15, 0.2) is 0 Å². The number of nitrogens with zero attached hydrogens (tertiary/aromatic N) is 2. The van der Waals surface area contributed by atoms with Gasteiger partial charge in [-0.25, -0.2) is 9.55 Å². The van der Waals surface area contributed by atoms with E-state index in [0.29, 0.717) is 6.42 Å². The summed E-state index contributed by atoms with van der Waals surface area (Å²) in [5.41, 5.74) is 2.92. The second kappa shape index (κ2) is 6.92. The maximum absolute atomic E-state index is 11.7. The van der Waals surface area contributed by atoms with Crippen molar-refractivity contribution in [3.8, 4) is 0 Å². The molecule has 4 atom stereocenters. The van der Waals surface area contributed by atoms with Crippen molar-refractivity contribution in [2.24, 2.45) is 0 Å². The van der Waals surface area contributed by atoms with Crippen molar-refractivity contribution in [2.75, 3.05) is 20.8 Å². The Bertz CT molecular complexity index is 764. The number of ether oxygens (including phenoxy) is 2. The van der Waals surface area contributed by atoms with Crippen LogP contribution in [-0.2, 0) is 23.1 Å². The summed E-state index contributed by atoms with van der Waals surface area (Å²) in [5.74, 6) is 0. The van der Waals surface area contributed by atoms with Crippen molar-refractivity contribution in [1.29, 1.82) is 0 Å². The van der Waals surface area contributed by atoms with Gasteiger partial charge in [0.1, 0.15) is 18.4 Å². The average molecular weight is 356 g/mol. The second-order valence-electron chi connectivity index (χ2n) is 5.71. The zero-order valence-corrected chi connectivity index (χ0v) is 14.7. The normalized spacial score (nSPS) is 26.8. The van der Waals surface area contributed by atoms with Crippen LogP contribution in [0, 0.1) is 6.92 Å². The third-order valence-corrected chi connectivity index (χ3v) is 5.13. The summed E-state index contributed by atoms with van der Waals surface area (Å²) < 4.78 is 34.5. The van der Waals surface area contributed by atoms with Gasteiger partial charge in [0, 0.05) is 20.6 Å². The van der Waals surface area contributed by atoms with Gasteiger partial charge < -0.3 is 18.9 Å². The topological polar surface area (TPSA) is 92.0 Å². The van der Waals surface area contributed by atoms with E-state index in [-0.39, 0.29) is 12.8 Å². The molecule has 24 heavy (non-hydrogen) atoms. The van der Waals surface area contributed by atoms with Crippen molar-refractivity contribution in [3.05, 3.63) is 30.1 Å². The molecule has 0 amide bonds. The lowest BCUT2D eigenvalue weighted by Crippen LogP contribution is -2.28. The monoisotopic (exact) mass is 356 g/mol. The number of fused-ring (bicyclic) bond motifs is 1. The van der Waals surface area contributed by atoms with Crippen LogP contribution in [0.5, 0.6) is 0 Å². The minimum absolute atomic E-state index is 0.247. The van der Waals surface area contributed by atoms with Gasteiger partial charge in [-0.3, -0.25) is 9.05 Å². The summed E-state index contributed by atoms with van der Waals surface area (Å²) in [4.78, 5) is 14.0. The number of imidazole rings is 1. The smallest absolute Gasteiger partial charge is 0.382 e. The lowest BCUT2D eigenvalue weighted by molar-refractivity contribution is -0.0519. The van der Waals surface area contributed by atoms with E-state index in [2.05, 4.69) is 9.51 Å². The van der Waals surface area contributed by atoms with E-state index in [0.717, 1.165) is 23.7 Å². The highest BCUT2D eigenvalue weighted by atomic mass is 31.2. The van der Waals surface area contributed by atoms with E-state index >= 15 is 0 Å². The van der Waals surface area contributed by atoms with Gasteiger partial charge in [0.25, 0.3) is 0 Å². The molecule has 1 aliphatic heterocycles. The molecule has 1 N–H and O–H groups in total. The standard InChI is InChI=1S/C15H21N2O6P/c1-10-5-4-6-11-15(10)16-9-17(11)14-7-12(13(22-14)8-20-2)23-24(18,19)21-3/h4-6,9,12-14H,7-8H2,1-3H3,(H,18,19)/t12?,13-,14-/m1/s1. The molecule has 2 unspecified atom stereocenters. The molecular weight excluding hydrogens is 335 g/mol. The fraction of sp³-hybridized carbons (Fsp3) is 0.533. The minimum Gasteiger partial charge on any atom is -0.382 e. The maximum Gasteiger partial charge on any atom is 0.472 e. The Hall–Kier alpha value is -1.28. The predicted molar refractivity (Wildman–Crippen MR) is 86.6 cm³/mol. The van der Waals surface area contributed by atoms with E-state index in [1.165, 1.54) is 0 Å². The number of hydrogen-bond donors (Lipinski definition) is 1. The van der Waals surface area contributed by atoms with Crippen molar-refractivity contribution in [1.82, 2.24) is 9.55 Å². The van der Waals surface area contributed by atoms with Crippen molar-refractivity contribution in [3.63, 3.8) is 0 Å². The Morgan fingerprint density at radius 1 is 1.46 bits per heavy atom. The van der Waals surface area contributed by atoms with Gasteiger partial charge >= 0.3 is 7.82 Å². The highest BCUT2D eigenvalue weighted by molar-refractivity contribution is 7.47. The van der Waals surface area contributed by atoms with Gasteiger partial charge in [-0.05, 0) is 18.6 Å². The van der Waals surface area contributed by atoms with E-state index in [1.807, 2.05) is 29.7 Å². The largest absolute Gasteiger partial charge is 0.472 e. The van der Waals surface area contributed by atoms with Crippen molar-refractivity contribution in [2.45, 2.75) is 31.8 Å². The number of rotatable bonds is 6. The summed E-state index contributed by atoms with van der Waals surface area (Å²) >= 11 is 0. The Kier molecular flexibility index (Phi) is 5.05. The number of benzene rings is 1. The fourth-order valence-corrected chi connectivity index (χ4v) is 3.59. The zero-order valence-electron chi connectivity index (χ0n) is 13.8. The Balaban J connectivity index is 1.86. The molecule has 0 radical (unpaired) electrons. The van der Waals surface area contributed by atoms with E-state index < -0.39 is 20.0 Å². The summed E-state index contributed by atoms with van der Waals surface area (Å²) in [6.07, 6.45) is 0.648. The first kappa shape index (κ1) is 17.5. The summed E-state index contributed by atoms with van der Waals surface area (Å²) in [6.45, 7) is 2.24. The lowest BCUT2D eigenvalue weighted by Gasteiger charge is -2.19. The molecule has 2 heterocycles. The number of hydrogen-bond acceptors (Lipinski definition) is 6.